The Labute approximate surface area is 116 Å². The van der Waals surface area contributed by atoms with Crippen LogP contribution in [0.1, 0.15) is 33.5 Å². The number of hydrogen-bond acceptors (Lipinski definition) is 5. The molecule has 3 nitrogen and oxygen atoms in total. The number of hydrogen-bond donors (Lipinski definition) is 1. The lowest BCUT2D eigenvalue weighted by atomic mass is 10.3. The van der Waals surface area contributed by atoms with Crippen molar-refractivity contribution >= 4 is 39.1 Å². The molecule has 0 aromatic carbocycles. The van der Waals surface area contributed by atoms with Crippen molar-refractivity contribution in [2.45, 2.75) is 38.2 Å². The van der Waals surface area contributed by atoms with Crippen molar-refractivity contribution in [2.75, 3.05) is 11.9 Å². The second kappa shape index (κ2) is 5.45. The van der Waals surface area contributed by atoms with Crippen molar-refractivity contribution in [2.24, 2.45) is 0 Å². The number of thiophene rings is 1. The molecule has 2 heterocycles. The third-order valence-electron chi connectivity index (χ3n) is 2.35. The highest BCUT2D eigenvalue weighted by Gasteiger charge is 2.13. The van der Waals surface area contributed by atoms with Crippen molar-refractivity contribution in [3.05, 3.63) is 17.3 Å². The quantitative estimate of drug-likeness (QED) is 0.913. The van der Waals surface area contributed by atoms with Crippen LogP contribution in [0.3, 0.4) is 0 Å². The van der Waals surface area contributed by atoms with E-state index in [0.29, 0.717) is 0 Å². The van der Waals surface area contributed by atoms with E-state index >= 15 is 0 Å². The highest BCUT2D eigenvalue weighted by atomic mass is 32.2. The summed E-state index contributed by atoms with van der Waals surface area (Å²) < 4.78 is 0.242. The lowest BCUT2D eigenvalue weighted by molar-refractivity contribution is 0.800. The molecule has 0 saturated carbocycles. The van der Waals surface area contributed by atoms with E-state index in [1.165, 1.54) is 0 Å². The Hall–Kier alpha value is -0.810. The van der Waals surface area contributed by atoms with E-state index in [4.69, 9.17) is 0 Å². The third kappa shape index (κ3) is 3.36. The zero-order chi connectivity index (χ0) is 13.2. The Kier molecular flexibility index (Phi) is 4.12. The van der Waals surface area contributed by atoms with Crippen LogP contribution in [0.4, 0.5) is 5.82 Å². The van der Waals surface area contributed by atoms with E-state index in [1.807, 2.05) is 11.8 Å². The predicted octanol–water partition coefficient (Wildman–Crippen LogP) is 4.15. The Morgan fingerprint density at radius 3 is 2.78 bits per heavy atom. The molecule has 0 atom stereocenters. The molecule has 18 heavy (non-hydrogen) atoms. The number of nitrogens with zero attached hydrogens (tertiary/aromatic N) is 2. The number of aromatic nitrogens is 2. The Balaban J connectivity index is 2.28. The van der Waals surface area contributed by atoms with Gasteiger partial charge in [-0.25, -0.2) is 9.97 Å². The lowest BCUT2D eigenvalue weighted by Crippen LogP contribution is -2.09. The van der Waals surface area contributed by atoms with Gasteiger partial charge >= 0.3 is 0 Å². The van der Waals surface area contributed by atoms with Crippen molar-refractivity contribution < 1.29 is 0 Å². The van der Waals surface area contributed by atoms with E-state index < -0.39 is 0 Å². The molecule has 0 aliphatic heterocycles. The van der Waals surface area contributed by atoms with Crippen LogP contribution in [-0.2, 0) is 5.75 Å². The molecule has 98 valence electrons. The van der Waals surface area contributed by atoms with Gasteiger partial charge in [0.2, 0.25) is 0 Å². The van der Waals surface area contributed by atoms with Crippen LogP contribution in [0.15, 0.2) is 11.4 Å². The summed E-state index contributed by atoms with van der Waals surface area (Å²) in [5.41, 5.74) is 0. The van der Waals surface area contributed by atoms with Crippen LogP contribution in [0.2, 0.25) is 0 Å². The highest BCUT2D eigenvalue weighted by Crippen LogP contribution is 2.29. The molecule has 2 aromatic heterocycles. The monoisotopic (exact) mass is 281 g/mol. The summed E-state index contributed by atoms with van der Waals surface area (Å²) >= 11 is 3.55. The smallest absolute Gasteiger partial charge is 0.142 e. The van der Waals surface area contributed by atoms with E-state index in [0.717, 1.165) is 34.2 Å². The van der Waals surface area contributed by atoms with Gasteiger partial charge in [-0.2, -0.15) is 0 Å². The molecule has 0 bridgehead atoms. The first kappa shape index (κ1) is 13.6. The molecule has 0 radical (unpaired) electrons. The molecule has 1 N–H and O–H groups in total. The van der Waals surface area contributed by atoms with E-state index in [-0.39, 0.29) is 4.75 Å². The maximum absolute atomic E-state index is 4.63. The van der Waals surface area contributed by atoms with Crippen LogP contribution in [0, 0.1) is 0 Å². The van der Waals surface area contributed by atoms with Crippen LogP contribution < -0.4 is 5.32 Å². The van der Waals surface area contributed by atoms with E-state index in [1.54, 1.807) is 11.3 Å². The van der Waals surface area contributed by atoms with Crippen LogP contribution >= 0.6 is 23.1 Å². The van der Waals surface area contributed by atoms with Crippen LogP contribution in [-0.4, -0.2) is 21.3 Å². The van der Waals surface area contributed by atoms with E-state index in [2.05, 4.69) is 54.4 Å². The fourth-order valence-corrected chi connectivity index (χ4v) is 3.02. The topological polar surface area (TPSA) is 37.8 Å². The van der Waals surface area contributed by atoms with Gasteiger partial charge in [0.05, 0.1) is 11.1 Å². The summed E-state index contributed by atoms with van der Waals surface area (Å²) in [4.78, 5) is 10.3. The van der Waals surface area contributed by atoms with Gasteiger partial charge < -0.3 is 5.32 Å². The summed E-state index contributed by atoms with van der Waals surface area (Å²) in [5, 5.41) is 6.52. The maximum atomic E-state index is 4.63. The minimum atomic E-state index is 0.242. The zero-order valence-electron chi connectivity index (χ0n) is 11.3. The number of thioether (sulfide) groups is 1. The number of rotatable bonds is 4. The average Bonchev–Trinajstić information content (AvgIpc) is 2.74. The zero-order valence-corrected chi connectivity index (χ0v) is 12.9. The van der Waals surface area contributed by atoms with Gasteiger partial charge in [0, 0.05) is 11.3 Å². The molecule has 2 rings (SSSR count). The molecule has 0 spiro atoms. The van der Waals surface area contributed by atoms with Crippen molar-refractivity contribution in [3.8, 4) is 0 Å². The molecule has 0 aliphatic rings. The summed E-state index contributed by atoms with van der Waals surface area (Å²) in [6, 6.07) is 2.08. The molecule has 0 unspecified atom stereocenters. The Morgan fingerprint density at radius 2 is 2.11 bits per heavy atom. The maximum Gasteiger partial charge on any atom is 0.142 e. The minimum absolute atomic E-state index is 0.242. The number of nitrogens with one attached hydrogen (secondary N) is 1. The van der Waals surface area contributed by atoms with Gasteiger partial charge in [-0.05, 0) is 18.4 Å². The van der Waals surface area contributed by atoms with Gasteiger partial charge in [0.1, 0.15) is 16.5 Å². The van der Waals surface area contributed by atoms with Crippen molar-refractivity contribution in [1.82, 2.24) is 9.97 Å². The van der Waals surface area contributed by atoms with Gasteiger partial charge in [0.15, 0.2) is 0 Å². The molecular formula is C13H19N3S2. The third-order valence-corrected chi connectivity index (χ3v) is 4.43. The van der Waals surface area contributed by atoms with Crippen molar-refractivity contribution in [1.29, 1.82) is 0 Å². The first-order valence-electron chi connectivity index (χ1n) is 6.11. The second-order valence-corrected chi connectivity index (χ2v) is 7.76. The molecule has 5 heteroatoms. The summed E-state index contributed by atoms with van der Waals surface area (Å²) in [6.45, 7) is 9.61. The van der Waals surface area contributed by atoms with Crippen LogP contribution in [0.25, 0.3) is 10.2 Å². The molecule has 0 amide bonds. The highest BCUT2D eigenvalue weighted by molar-refractivity contribution is 7.99. The van der Waals surface area contributed by atoms with Crippen molar-refractivity contribution in [3.63, 3.8) is 0 Å². The fourth-order valence-electron chi connectivity index (χ4n) is 1.55. The van der Waals surface area contributed by atoms with Gasteiger partial charge in [-0.15, -0.1) is 23.1 Å². The van der Waals surface area contributed by atoms with E-state index in [9.17, 15) is 0 Å². The Morgan fingerprint density at radius 1 is 1.33 bits per heavy atom. The summed E-state index contributed by atoms with van der Waals surface area (Å²) in [7, 11) is 0. The van der Waals surface area contributed by atoms with Crippen LogP contribution in [0.5, 0.6) is 0 Å². The van der Waals surface area contributed by atoms with Gasteiger partial charge in [0.25, 0.3) is 0 Å². The predicted molar refractivity (Wildman–Crippen MR) is 82.6 cm³/mol. The Bertz CT molecular complexity index is 529. The summed E-state index contributed by atoms with van der Waals surface area (Å²) in [5.74, 6) is 2.74. The number of anilines is 1. The SMILES string of the molecule is CCNc1nc(CSC(C)(C)C)nc2sccc12. The van der Waals surface area contributed by atoms with Gasteiger partial charge in [-0.3, -0.25) is 0 Å². The fraction of sp³-hybridized carbons (Fsp3) is 0.538. The average molecular weight is 281 g/mol. The van der Waals surface area contributed by atoms with Gasteiger partial charge in [-0.1, -0.05) is 20.8 Å². The standard InChI is InChI=1S/C13H19N3S2/c1-5-14-11-9-6-7-17-12(9)16-10(15-11)8-18-13(2,3)4/h6-7H,5,8H2,1-4H3,(H,14,15,16). The summed E-state index contributed by atoms with van der Waals surface area (Å²) in [6.07, 6.45) is 0. The number of fused-ring (bicyclic) bond motifs is 1. The minimum Gasteiger partial charge on any atom is -0.370 e. The first-order valence-corrected chi connectivity index (χ1v) is 7.98. The lowest BCUT2D eigenvalue weighted by Gasteiger charge is -2.17. The normalized spacial score (nSPS) is 12.0. The molecule has 0 fully saturated rings. The molecular weight excluding hydrogens is 262 g/mol. The molecule has 0 saturated heterocycles. The largest absolute Gasteiger partial charge is 0.370 e. The first-order chi connectivity index (χ1) is 8.49. The molecule has 0 aliphatic carbocycles. The molecule has 2 aromatic rings. The second-order valence-electron chi connectivity index (χ2n) is 5.06.